The molecule has 0 saturated heterocycles. The molecule has 12 nitrogen and oxygen atoms in total. The van der Waals surface area contributed by atoms with Gasteiger partial charge in [0.2, 0.25) is 11.8 Å². The molecular weight excluding hydrogens is 781 g/mol. The van der Waals surface area contributed by atoms with Crippen LogP contribution in [0.1, 0.15) is 68.8 Å². The van der Waals surface area contributed by atoms with E-state index in [-0.39, 0.29) is 50.6 Å². The monoisotopic (exact) mass is 835 g/mol. The van der Waals surface area contributed by atoms with Crippen molar-refractivity contribution in [2.24, 2.45) is 5.92 Å². The number of sulfone groups is 1. The van der Waals surface area contributed by atoms with Crippen LogP contribution in [0.5, 0.6) is 17.4 Å². The molecule has 1 aromatic heterocycles. The maximum absolute atomic E-state index is 14.7. The number of pyridine rings is 1. The molecule has 0 bridgehead atoms. The van der Waals surface area contributed by atoms with E-state index in [0.717, 1.165) is 41.6 Å². The van der Waals surface area contributed by atoms with Crippen molar-refractivity contribution in [3.8, 4) is 17.4 Å². The van der Waals surface area contributed by atoms with Gasteiger partial charge in [0.15, 0.2) is 5.75 Å². The first-order valence-corrected chi connectivity index (χ1v) is 21.7. The van der Waals surface area contributed by atoms with E-state index in [1.165, 1.54) is 11.2 Å². The van der Waals surface area contributed by atoms with Crippen LogP contribution in [0.15, 0.2) is 48.5 Å². The van der Waals surface area contributed by atoms with Gasteiger partial charge in [-0.15, -0.1) is 0 Å². The highest BCUT2D eigenvalue weighted by atomic mass is 35.5. The van der Waals surface area contributed by atoms with Crippen LogP contribution < -0.4 is 14.2 Å². The molecule has 0 spiro atoms. The summed E-state index contributed by atoms with van der Waals surface area (Å²) in [6.45, 7) is 8.84. The Bertz CT molecular complexity index is 1860. The lowest BCUT2D eigenvalue weighted by Gasteiger charge is -2.37. The van der Waals surface area contributed by atoms with E-state index in [1.807, 2.05) is 62.9 Å². The van der Waals surface area contributed by atoms with E-state index in [0.29, 0.717) is 53.3 Å². The second-order valence-corrected chi connectivity index (χ2v) is 18.4. The summed E-state index contributed by atoms with van der Waals surface area (Å²) in [6, 6.07) is 14.7. The fourth-order valence-corrected chi connectivity index (χ4v) is 7.58. The van der Waals surface area contributed by atoms with Crippen molar-refractivity contribution in [3.05, 3.63) is 81.0 Å². The van der Waals surface area contributed by atoms with Crippen molar-refractivity contribution >= 4 is 45.0 Å². The Kier molecular flexibility index (Phi) is 16.5. The van der Waals surface area contributed by atoms with E-state index in [9.17, 15) is 23.1 Å². The van der Waals surface area contributed by atoms with Crippen molar-refractivity contribution < 1.29 is 42.1 Å². The zero-order chi connectivity index (χ0) is 41.0. The fourth-order valence-electron chi connectivity index (χ4n) is 6.24. The smallest absolute Gasteiger partial charge is 0.407 e. The molecule has 1 aliphatic carbocycles. The number of hydrogen-bond acceptors (Lipinski definition) is 9. The molecule has 1 heterocycles. The van der Waals surface area contributed by atoms with Crippen LogP contribution in [-0.4, -0.2) is 104 Å². The van der Waals surface area contributed by atoms with Gasteiger partial charge in [0.05, 0.1) is 28.3 Å². The molecule has 4 rings (SSSR count). The van der Waals surface area contributed by atoms with Crippen molar-refractivity contribution in [1.82, 2.24) is 14.8 Å². The number of rotatable bonds is 22. The number of carbonyl (C=O) groups is 2. The predicted molar refractivity (Wildman–Crippen MR) is 218 cm³/mol. The number of aromatic nitrogens is 1. The number of hydrogen-bond donors (Lipinski definition) is 1. The largest absolute Gasteiger partial charge is 0.490 e. The molecule has 15 heteroatoms. The number of nitrogens with zero attached hydrogens (tertiary/aromatic N) is 3. The van der Waals surface area contributed by atoms with E-state index in [4.69, 9.17) is 42.1 Å². The van der Waals surface area contributed by atoms with Crippen molar-refractivity contribution in [2.75, 3.05) is 52.1 Å². The van der Waals surface area contributed by atoms with Gasteiger partial charge in [0.25, 0.3) is 0 Å². The molecule has 1 atom stereocenters. The minimum atomic E-state index is -3.13. The Balaban J connectivity index is 1.51. The molecule has 1 unspecified atom stereocenters. The summed E-state index contributed by atoms with van der Waals surface area (Å²) in [5.74, 6) is 0.570. The highest BCUT2D eigenvalue weighted by molar-refractivity contribution is 7.90. The second kappa shape index (κ2) is 20.6. The minimum Gasteiger partial charge on any atom is -0.490 e. The molecular formula is C41H55Cl2N3O9S. The number of halogens is 2. The van der Waals surface area contributed by atoms with Gasteiger partial charge in [-0.2, -0.15) is 0 Å². The number of amides is 2. The number of methoxy groups -OCH3 is 1. The molecule has 1 fully saturated rings. The number of aryl methyl sites for hydroxylation is 2. The summed E-state index contributed by atoms with van der Waals surface area (Å²) in [5, 5.41) is 11.1. The van der Waals surface area contributed by atoms with Crippen LogP contribution in [0.4, 0.5) is 4.79 Å². The topological polar surface area (TPSA) is 145 Å². The molecule has 0 radical (unpaired) electrons. The van der Waals surface area contributed by atoms with Gasteiger partial charge >= 0.3 is 6.09 Å². The molecule has 1 aliphatic rings. The van der Waals surface area contributed by atoms with E-state index < -0.39 is 27.4 Å². The molecule has 0 aliphatic heterocycles. The zero-order valence-electron chi connectivity index (χ0n) is 33.2. The van der Waals surface area contributed by atoms with Gasteiger partial charge in [-0.3, -0.25) is 4.79 Å². The van der Waals surface area contributed by atoms with Gasteiger partial charge in [0, 0.05) is 56.4 Å². The molecule has 56 heavy (non-hydrogen) atoms. The standard InChI is InChI=1S/C41H55Cl2N3O9S/c1-28-21-35(42)38(36(43)22-28)55-19-18-53-34-14-10-29(11-15-34)23-31(27-46(40(48)49)41(2,3)4)39(47)45(33-12-13-33)26-30-24-32(9-7-16-52-5)44-37(25-30)54-17-8-20-56(6,50)51/h10-11,14-15,21-22,24-25,31,33H,7-9,12-13,16-20,23,26-27H2,1-6H3,(H,48,49). The van der Waals surface area contributed by atoms with Crippen LogP contribution in [-0.2, 0) is 38.8 Å². The Morgan fingerprint density at radius 1 is 0.929 bits per heavy atom. The van der Waals surface area contributed by atoms with Crippen LogP contribution in [0.25, 0.3) is 0 Å². The maximum atomic E-state index is 14.7. The second-order valence-electron chi connectivity index (χ2n) is 15.3. The number of carbonyl (C=O) groups excluding carboxylic acids is 1. The minimum absolute atomic E-state index is 0.00530. The number of benzene rings is 2. The molecule has 308 valence electrons. The Hall–Kier alpha value is -3.78. The van der Waals surface area contributed by atoms with Gasteiger partial charge < -0.3 is 33.9 Å². The summed E-state index contributed by atoms with van der Waals surface area (Å²) < 4.78 is 46.1. The quantitative estimate of drug-likeness (QED) is 0.100. The molecule has 3 aromatic rings. The van der Waals surface area contributed by atoms with Gasteiger partial charge in [-0.25, -0.2) is 18.2 Å². The summed E-state index contributed by atoms with van der Waals surface area (Å²) in [5.41, 5.74) is 2.65. The first kappa shape index (κ1) is 44.9. The van der Waals surface area contributed by atoms with E-state index in [1.54, 1.807) is 25.3 Å². The van der Waals surface area contributed by atoms with Crippen molar-refractivity contribution in [2.45, 2.75) is 84.3 Å². The summed E-state index contributed by atoms with van der Waals surface area (Å²) in [4.78, 5) is 35.0. The predicted octanol–water partition coefficient (Wildman–Crippen LogP) is 7.68. The van der Waals surface area contributed by atoms with Crippen molar-refractivity contribution in [1.29, 1.82) is 0 Å². The Morgan fingerprint density at radius 2 is 1.59 bits per heavy atom. The summed E-state index contributed by atoms with van der Waals surface area (Å²) >= 11 is 12.6. The Morgan fingerprint density at radius 3 is 2.18 bits per heavy atom. The third kappa shape index (κ3) is 14.6. The lowest BCUT2D eigenvalue weighted by molar-refractivity contribution is -0.137. The highest BCUT2D eigenvalue weighted by Gasteiger charge is 2.39. The molecule has 2 aromatic carbocycles. The first-order valence-electron chi connectivity index (χ1n) is 18.8. The van der Waals surface area contributed by atoms with Gasteiger partial charge in [-0.05, 0) is 113 Å². The molecule has 2 amide bonds. The number of carboxylic acid groups (broad SMARTS) is 1. The highest BCUT2D eigenvalue weighted by Crippen LogP contribution is 2.34. The normalized spacial score (nSPS) is 13.6. The number of ether oxygens (including phenoxy) is 4. The van der Waals surface area contributed by atoms with Crippen LogP contribution in [0, 0.1) is 12.8 Å². The van der Waals surface area contributed by atoms with E-state index >= 15 is 0 Å². The van der Waals surface area contributed by atoms with Crippen LogP contribution >= 0.6 is 23.2 Å². The Labute approximate surface area is 341 Å². The molecule has 1 saturated carbocycles. The third-order valence-electron chi connectivity index (χ3n) is 9.17. The first-order chi connectivity index (χ1) is 26.4. The van der Waals surface area contributed by atoms with Crippen molar-refractivity contribution in [3.63, 3.8) is 0 Å². The lowest BCUT2D eigenvalue weighted by Crippen LogP contribution is -2.51. The summed E-state index contributed by atoms with van der Waals surface area (Å²) in [7, 11) is -1.49. The maximum Gasteiger partial charge on any atom is 0.407 e. The average Bonchev–Trinajstić information content (AvgIpc) is 3.95. The van der Waals surface area contributed by atoms with Gasteiger partial charge in [-0.1, -0.05) is 35.3 Å². The SMILES string of the molecule is COCCCc1cc(CN(C(=O)C(Cc2ccc(OCCOc3c(Cl)cc(C)cc3Cl)cc2)CN(C(=O)O)C(C)(C)C)C2CC2)cc(OCCCS(C)(=O)=O)n1. The zero-order valence-corrected chi connectivity index (χ0v) is 35.5. The molecule has 1 N–H and O–H groups in total. The summed E-state index contributed by atoms with van der Waals surface area (Å²) in [6.07, 6.45) is 3.79. The van der Waals surface area contributed by atoms with E-state index in [2.05, 4.69) is 4.98 Å². The van der Waals surface area contributed by atoms with Crippen LogP contribution in [0.2, 0.25) is 10.0 Å². The third-order valence-corrected chi connectivity index (χ3v) is 10.8. The van der Waals surface area contributed by atoms with Gasteiger partial charge in [0.1, 0.15) is 28.8 Å². The van der Waals surface area contributed by atoms with Crippen LogP contribution in [0.3, 0.4) is 0 Å². The average molecular weight is 837 g/mol. The fraction of sp³-hybridized carbons (Fsp3) is 0.537. The lowest BCUT2D eigenvalue weighted by atomic mass is 9.94.